The van der Waals surface area contributed by atoms with Gasteiger partial charge in [-0.1, -0.05) is 6.07 Å². The molecule has 2 aromatic carbocycles. The van der Waals surface area contributed by atoms with Gasteiger partial charge in [0.25, 0.3) is 0 Å². The van der Waals surface area contributed by atoms with Gasteiger partial charge in [-0.25, -0.2) is 4.68 Å². The Labute approximate surface area is 185 Å². The van der Waals surface area contributed by atoms with E-state index in [2.05, 4.69) is 5.32 Å². The van der Waals surface area contributed by atoms with E-state index in [-0.39, 0.29) is 11.5 Å². The number of allylic oxidation sites excluding steroid dienone is 2. The zero-order valence-electron chi connectivity index (χ0n) is 18.0. The molecule has 32 heavy (non-hydrogen) atoms. The molecular formula is C24H24N4O4. The number of hydrogen-bond donors (Lipinski definition) is 2. The van der Waals surface area contributed by atoms with Gasteiger partial charge in [-0.15, -0.1) is 5.10 Å². The van der Waals surface area contributed by atoms with Gasteiger partial charge in [0.05, 0.1) is 13.7 Å². The zero-order valence-corrected chi connectivity index (χ0v) is 18.0. The highest BCUT2D eigenvalue weighted by Crippen LogP contribution is 2.42. The summed E-state index contributed by atoms with van der Waals surface area (Å²) in [6.45, 7) is 2.28. The summed E-state index contributed by atoms with van der Waals surface area (Å²) >= 11 is 0. The number of methoxy groups -OCH3 is 1. The first kappa shape index (κ1) is 20.1. The number of hydrogen-bond acceptors (Lipinski definition) is 7. The summed E-state index contributed by atoms with van der Waals surface area (Å²) in [4.78, 5) is 17.7. The van der Waals surface area contributed by atoms with Crippen LogP contribution in [0, 0.1) is 0 Å². The van der Waals surface area contributed by atoms with Gasteiger partial charge >= 0.3 is 0 Å². The number of rotatable bonds is 5. The number of nitrogens with zero attached hydrogens (tertiary/aromatic N) is 3. The number of aromatic hydroxyl groups is 1. The number of benzene rings is 2. The molecule has 2 heterocycles. The quantitative estimate of drug-likeness (QED) is 0.627. The Bertz CT molecular complexity index is 1210. The normalized spacial score (nSPS) is 17.4. The lowest BCUT2D eigenvalue weighted by molar-refractivity contribution is -0.116. The Kier molecular flexibility index (Phi) is 5.05. The molecule has 3 aromatic rings. The number of aromatic nitrogens is 3. The lowest BCUT2D eigenvalue weighted by Crippen LogP contribution is -2.31. The van der Waals surface area contributed by atoms with Gasteiger partial charge < -0.3 is 19.9 Å². The van der Waals surface area contributed by atoms with E-state index >= 15 is 0 Å². The fraction of sp³-hybridized carbons (Fsp3) is 0.292. The second-order valence-electron chi connectivity index (χ2n) is 7.79. The van der Waals surface area contributed by atoms with Crippen LogP contribution in [0.3, 0.4) is 0 Å². The van der Waals surface area contributed by atoms with E-state index in [9.17, 15) is 9.90 Å². The molecule has 1 aliphatic heterocycles. The Morgan fingerprint density at radius 1 is 1.19 bits per heavy atom. The summed E-state index contributed by atoms with van der Waals surface area (Å²) < 4.78 is 12.6. The summed E-state index contributed by atoms with van der Waals surface area (Å²) in [7, 11) is 1.62. The van der Waals surface area contributed by atoms with Crippen molar-refractivity contribution in [3.63, 3.8) is 0 Å². The second kappa shape index (κ2) is 8.03. The van der Waals surface area contributed by atoms with E-state index in [0.717, 1.165) is 35.4 Å². The molecule has 0 unspecified atom stereocenters. The summed E-state index contributed by atoms with van der Waals surface area (Å²) in [5.41, 5.74) is 3.24. The first-order valence-electron chi connectivity index (χ1n) is 10.7. The molecule has 1 aliphatic carbocycles. The molecule has 0 radical (unpaired) electrons. The fourth-order valence-electron chi connectivity index (χ4n) is 4.30. The lowest BCUT2D eigenvalue weighted by Gasteiger charge is -2.32. The van der Waals surface area contributed by atoms with E-state index in [1.807, 2.05) is 31.2 Å². The summed E-state index contributed by atoms with van der Waals surface area (Å²) in [5, 5.41) is 18.3. The van der Waals surface area contributed by atoms with Crippen LogP contribution in [0.2, 0.25) is 0 Å². The first-order valence-corrected chi connectivity index (χ1v) is 10.7. The largest absolute Gasteiger partial charge is 0.504 e. The van der Waals surface area contributed by atoms with E-state index < -0.39 is 6.04 Å². The molecule has 8 nitrogen and oxygen atoms in total. The van der Waals surface area contributed by atoms with Crippen LogP contribution in [-0.4, -0.2) is 39.4 Å². The third-order valence-electron chi connectivity index (χ3n) is 5.82. The Morgan fingerprint density at radius 3 is 2.75 bits per heavy atom. The average Bonchev–Trinajstić information content (AvgIpc) is 3.23. The van der Waals surface area contributed by atoms with Crippen molar-refractivity contribution in [2.24, 2.45) is 0 Å². The number of nitrogens with one attached hydrogen (secondary N) is 1. The van der Waals surface area contributed by atoms with Gasteiger partial charge in [-0.05, 0) is 61.7 Å². The number of anilines is 1. The number of carbonyl (C=O) groups is 1. The highest BCUT2D eigenvalue weighted by molar-refractivity contribution is 5.99. The zero-order chi connectivity index (χ0) is 22.2. The van der Waals surface area contributed by atoms with Crippen molar-refractivity contribution in [1.29, 1.82) is 0 Å². The fourth-order valence-corrected chi connectivity index (χ4v) is 4.30. The minimum Gasteiger partial charge on any atom is -0.504 e. The van der Waals surface area contributed by atoms with Gasteiger partial charge in [-0.2, -0.15) is 4.98 Å². The molecule has 2 aliphatic rings. The van der Waals surface area contributed by atoms with E-state index in [1.54, 1.807) is 30.0 Å². The van der Waals surface area contributed by atoms with Gasteiger partial charge in [0.2, 0.25) is 5.95 Å². The molecular weight excluding hydrogens is 408 g/mol. The van der Waals surface area contributed by atoms with Crippen LogP contribution in [-0.2, 0) is 4.79 Å². The SMILES string of the molecule is CCOc1cc([C@H]2C3=C(CCCC3=O)Nc3nc(-c4ccc(OC)cc4)nn32)ccc1O. The maximum absolute atomic E-state index is 13.0. The smallest absolute Gasteiger partial charge is 0.226 e. The third kappa shape index (κ3) is 3.37. The monoisotopic (exact) mass is 432 g/mol. The van der Waals surface area contributed by atoms with Crippen molar-refractivity contribution in [2.75, 3.05) is 19.0 Å². The van der Waals surface area contributed by atoms with E-state index in [1.165, 1.54) is 0 Å². The number of ether oxygens (including phenoxy) is 2. The van der Waals surface area contributed by atoms with Crippen molar-refractivity contribution >= 4 is 11.7 Å². The molecule has 8 heteroatoms. The number of ketones is 1. The minimum atomic E-state index is -0.451. The number of carbonyl (C=O) groups excluding carboxylic acids is 1. The maximum Gasteiger partial charge on any atom is 0.226 e. The van der Waals surface area contributed by atoms with Crippen LogP contribution in [0.5, 0.6) is 17.2 Å². The molecule has 0 saturated carbocycles. The van der Waals surface area contributed by atoms with Crippen LogP contribution in [0.25, 0.3) is 11.4 Å². The van der Waals surface area contributed by atoms with Crippen molar-refractivity contribution in [2.45, 2.75) is 32.2 Å². The van der Waals surface area contributed by atoms with Crippen LogP contribution in [0.4, 0.5) is 5.95 Å². The molecule has 0 saturated heterocycles. The van der Waals surface area contributed by atoms with Crippen LogP contribution in [0.15, 0.2) is 53.7 Å². The van der Waals surface area contributed by atoms with Gasteiger partial charge in [0, 0.05) is 23.3 Å². The van der Waals surface area contributed by atoms with E-state index in [0.29, 0.717) is 36.1 Å². The van der Waals surface area contributed by atoms with Gasteiger partial charge in [0.1, 0.15) is 11.8 Å². The predicted molar refractivity (Wildman–Crippen MR) is 119 cm³/mol. The highest BCUT2D eigenvalue weighted by Gasteiger charge is 2.37. The summed E-state index contributed by atoms with van der Waals surface area (Å²) in [5.74, 6) is 2.43. The molecule has 0 bridgehead atoms. The predicted octanol–water partition coefficient (Wildman–Crippen LogP) is 4.08. The number of Topliss-reactive ketones (excluding diaryl/α,β-unsaturated/α-hetero) is 1. The maximum atomic E-state index is 13.0. The number of phenolic OH excluding ortho intramolecular Hbond substituents is 1. The topological polar surface area (TPSA) is 98.5 Å². The molecule has 164 valence electrons. The molecule has 1 atom stereocenters. The Hall–Kier alpha value is -3.81. The van der Waals surface area contributed by atoms with Crippen molar-refractivity contribution in [3.8, 4) is 28.6 Å². The summed E-state index contributed by atoms with van der Waals surface area (Å²) in [6, 6.07) is 12.3. The van der Waals surface area contributed by atoms with Gasteiger partial charge in [0.15, 0.2) is 23.1 Å². The van der Waals surface area contributed by atoms with Gasteiger partial charge in [-0.3, -0.25) is 4.79 Å². The first-order chi connectivity index (χ1) is 15.6. The molecule has 1 aromatic heterocycles. The van der Waals surface area contributed by atoms with Crippen LogP contribution >= 0.6 is 0 Å². The molecule has 0 spiro atoms. The van der Waals surface area contributed by atoms with Crippen molar-refractivity contribution < 1.29 is 19.4 Å². The van der Waals surface area contributed by atoms with Crippen molar-refractivity contribution in [3.05, 3.63) is 59.3 Å². The van der Waals surface area contributed by atoms with E-state index in [4.69, 9.17) is 19.6 Å². The Balaban J connectivity index is 1.64. The van der Waals surface area contributed by atoms with Crippen LogP contribution < -0.4 is 14.8 Å². The second-order valence-corrected chi connectivity index (χ2v) is 7.79. The summed E-state index contributed by atoms with van der Waals surface area (Å²) in [6.07, 6.45) is 2.08. The minimum absolute atomic E-state index is 0.0615. The van der Waals surface area contributed by atoms with Crippen molar-refractivity contribution in [1.82, 2.24) is 14.8 Å². The standard InChI is InChI=1S/C24H24N4O4/c1-3-32-20-13-15(9-12-18(20)29)22-21-17(5-4-6-19(21)30)25-24-26-23(27-28(22)24)14-7-10-16(31-2)11-8-14/h7-13,22,29H,3-6H2,1-2H3,(H,25,26,27)/t22-/m0/s1. The Morgan fingerprint density at radius 2 is 2.00 bits per heavy atom. The molecule has 2 N–H and O–H groups in total. The number of phenols is 1. The number of fused-ring (bicyclic) bond motifs is 1. The average molecular weight is 432 g/mol. The molecule has 0 fully saturated rings. The lowest BCUT2D eigenvalue weighted by atomic mass is 9.85. The molecule has 5 rings (SSSR count). The third-order valence-corrected chi connectivity index (χ3v) is 5.82. The highest BCUT2D eigenvalue weighted by atomic mass is 16.5. The molecule has 0 amide bonds. The van der Waals surface area contributed by atoms with Crippen LogP contribution in [0.1, 0.15) is 37.8 Å².